The molecule has 4 heterocycles. The molecule has 12 atom stereocenters. The van der Waals surface area contributed by atoms with Crippen molar-refractivity contribution in [3.05, 3.63) is 222 Å². The Labute approximate surface area is 401 Å². The Morgan fingerprint density at radius 1 is 0.515 bits per heavy atom. The quantitative estimate of drug-likeness (QED) is 0.113. The van der Waals surface area contributed by atoms with Crippen LogP contribution in [-0.2, 0) is 61.6 Å². The zero-order chi connectivity index (χ0) is 45.9. The van der Waals surface area contributed by atoms with Crippen LogP contribution in [0.4, 0.5) is 0 Å². The summed E-state index contributed by atoms with van der Waals surface area (Å²) in [4.78, 5) is 1.03. The van der Waals surface area contributed by atoms with E-state index in [-0.39, 0.29) is 19.8 Å². The second-order valence-electron chi connectivity index (χ2n) is 17.6. The van der Waals surface area contributed by atoms with Crippen LogP contribution in [0.3, 0.4) is 0 Å². The molecule has 348 valence electrons. The van der Waals surface area contributed by atoms with Crippen molar-refractivity contribution in [2.75, 3.05) is 6.61 Å². The first kappa shape index (κ1) is 45.2. The molecule has 1 unspecified atom stereocenters. The second kappa shape index (κ2) is 20.4. The van der Waals surface area contributed by atoms with Crippen LogP contribution in [0.5, 0.6) is 0 Å². The van der Waals surface area contributed by atoms with Gasteiger partial charge in [0.15, 0.2) is 12.6 Å². The molecule has 1 N–H and O–H groups in total. The molecule has 0 saturated carbocycles. The summed E-state index contributed by atoms with van der Waals surface area (Å²) in [7, 11) is 0. The highest BCUT2D eigenvalue weighted by molar-refractivity contribution is 7.99. The summed E-state index contributed by atoms with van der Waals surface area (Å²) in [6, 6.07) is 64.5. The third-order valence-electron chi connectivity index (χ3n) is 13.2. The van der Waals surface area contributed by atoms with Crippen LogP contribution in [-0.4, -0.2) is 78.4 Å². The molecular weight excluding hydrogens is 877 g/mol. The predicted octanol–water partition coefficient (Wildman–Crippen LogP) is 10.1. The number of aliphatic hydroxyl groups excluding tert-OH is 1. The smallest absolute Gasteiger partial charge is 0.223 e. The summed E-state index contributed by atoms with van der Waals surface area (Å²) in [5.41, 5.74) is 3.95. The van der Waals surface area contributed by atoms with E-state index in [1.165, 1.54) is 0 Å². The molecule has 0 aromatic heterocycles. The van der Waals surface area contributed by atoms with E-state index in [0.717, 1.165) is 43.5 Å². The fraction of sp³-hybridized carbons (Fsp3) is 0.298. The Morgan fingerprint density at radius 2 is 1.10 bits per heavy atom. The number of thioether (sulfide) groups is 1. The molecular formula is C57H54O10S. The Morgan fingerprint density at radius 3 is 1.79 bits per heavy atom. The van der Waals surface area contributed by atoms with Gasteiger partial charge < -0.3 is 47.7 Å². The SMILES string of the molecule is C[C@@H]1O[C@@H](Sc2ccccc2)[C@@H]2OC(c3ccccc3)(c3ccccc3)O[C@@H]2[C@H]1O[C@@H]1O[C@H]2[C@@H](OC(c3ccccc3)O[C@@H]2CO)[C@H](OCc2ccc3ccccc3c2)[C@@H]1OCc1ccccc1. The van der Waals surface area contributed by atoms with Crippen molar-refractivity contribution in [2.45, 2.75) is 104 Å². The van der Waals surface area contributed by atoms with Crippen molar-refractivity contribution in [2.24, 2.45) is 0 Å². The second-order valence-corrected chi connectivity index (χ2v) is 18.8. The predicted molar refractivity (Wildman–Crippen MR) is 257 cm³/mol. The van der Waals surface area contributed by atoms with Gasteiger partial charge in [-0.1, -0.05) is 188 Å². The number of hydrogen-bond acceptors (Lipinski definition) is 11. The van der Waals surface area contributed by atoms with E-state index in [2.05, 4.69) is 42.5 Å². The first-order chi connectivity index (χ1) is 33.5. The van der Waals surface area contributed by atoms with Gasteiger partial charge in [0.2, 0.25) is 5.79 Å². The van der Waals surface area contributed by atoms with Crippen LogP contribution in [0.2, 0.25) is 0 Å². The summed E-state index contributed by atoms with van der Waals surface area (Å²) < 4.78 is 63.6. The molecule has 7 aromatic rings. The number of fused-ring (bicyclic) bond motifs is 3. The molecule has 10 nitrogen and oxygen atoms in total. The zero-order valence-corrected chi connectivity index (χ0v) is 38.4. The summed E-state index contributed by atoms with van der Waals surface area (Å²) in [5, 5.41) is 13.3. The highest BCUT2D eigenvalue weighted by atomic mass is 32.2. The first-order valence-electron chi connectivity index (χ1n) is 23.4. The topological polar surface area (TPSA) is 103 Å². The molecule has 4 fully saturated rings. The van der Waals surface area contributed by atoms with Crippen LogP contribution < -0.4 is 0 Å². The molecule has 0 amide bonds. The molecule has 4 aliphatic heterocycles. The normalized spacial score (nSPS) is 29.8. The number of ether oxygens (including phenoxy) is 9. The van der Waals surface area contributed by atoms with Crippen molar-refractivity contribution in [1.82, 2.24) is 0 Å². The van der Waals surface area contributed by atoms with Gasteiger partial charge >= 0.3 is 0 Å². The van der Waals surface area contributed by atoms with Gasteiger partial charge in [-0.15, -0.1) is 0 Å². The lowest BCUT2D eigenvalue weighted by Gasteiger charge is -2.52. The monoisotopic (exact) mass is 930 g/mol. The number of hydrogen-bond donors (Lipinski definition) is 1. The van der Waals surface area contributed by atoms with Crippen molar-refractivity contribution in [3.8, 4) is 0 Å². The Kier molecular flexibility index (Phi) is 13.5. The maximum atomic E-state index is 11.1. The van der Waals surface area contributed by atoms with E-state index in [9.17, 15) is 5.11 Å². The molecule has 11 rings (SSSR count). The van der Waals surface area contributed by atoms with Crippen LogP contribution in [0.1, 0.15) is 41.0 Å². The molecule has 4 saturated heterocycles. The highest BCUT2D eigenvalue weighted by Gasteiger charge is 2.62. The van der Waals surface area contributed by atoms with Gasteiger partial charge in [0.1, 0.15) is 54.3 Å². The lowest BCUT2D eigenvalue weighted by molar-refractivity contribution is -0.400. The highest BCUT2D eigenvalue weighted by Crippen LogP contribution is 2.51. The minimum absolute atomic E-state index is 0.229. The average Bonchev–Trinajstić information content (AvgIpc) is 3.82. The van der Waals surface area contributed by atoms with Crippen LogP contribution in [0.15, 0.2) is 199 Å². The molecule has 0 spiro atoms. The van der Waals surface area contributed by atoms with Crippen LogP contribution in [0, 0.1) is 0 Å². The zero-order valence-electron chi connectivity index (χ0n) is 37.6. The molecule has 4 aliphatic rings. The van der Waals surface area contributed by atoms with Crippen molar-refractivity contribution >= 4 is 22.5 Å². The van der Waals surface area contributed by atoms with Gasteiger partial charge in [0.25, 0.3) is 0 Å². The lowest BCUT2D eigenvalue weighted by atomic mass is 9.92. The van der Waals surface area contributed by atoms with Crippen molar-refractivity contribution in [3.63, 3.8) is 0 Å². The van der Waals surface area contributed by atoms with E-state index < -0.39 is 78.7 Å². The Bertz CT molecular complexity index is 2660. The summed E-state index contributed by atoms with van der Waals surface area (Å²) >= 11 is 1.59. The van der Waals surface area contributed by atoms with Crippen LogP contribution >= 0.6 is 11.8 Å². The summed E-state index contributed by atoms with van der Waals surface area (Å²) in [5.74, 6) is -1.30. The average molecular weight is 931 g/mol. The molecule has 11 heteroatoms. The molecule has 0 aliphatic carbocycles. The Balaban J connectivity index is 0.981. The van der Waals surface area contributed by atoms with E-state index in [0.29, 0.717) is 0 Å². The standard InChI is InChI=1S/C57H54O10S/c1-37-47(51-53(56(61-37)68-45-29-15-6-16-30-45)67-57(66-51,43-25-11-4-12-26-43)44-27-13-5-14-28-44)63-55-52(60-35-38-19-7-2-8-20-38)49(59-36-39-31-32-40-21-17-18-24-42(40)33-39)50-48(64-55)46(34-58)62-54(65-50)41-22-9-3-10-23-41/h2-33,37,46-56,58H,34-36H2,1H3/t37-,46+,47-,48+,49-,50+,51+,52-,53+,54?,55+,56-/m0/s1. The summed E-state index contributed by atoms with van der Waals surface area (Å²) in [6.45, 7) is 2.13. The van der Waals surface area contributed by atoms with Gasteiger partial charge in [-0.25, -0.2) is 0 Å². The van der Waals surface area contributed by atoms with Crippen molar-refractivity contribution in [1.29, 1.82) is 0 Å². The lowest BCUT2D eigenvalue weighted by Crippen LogP contribution is -2.68. The third kappa shape index (κ3) is 9.30. The summed E-state index contributed by atoms with van der Waals surface area (Å²) in [6.07, 6.45) is -8.45. The van der Waals surface area contributed by atoms with E-state index in [4.69, 9.17) is 42.6 Å². The maximum absolute atomic E-state index is 11.1. The van der Waals surface area contributed by atoms with E-state index >= 15 is 0 Å². The van der Waals surface area contributed by atoms with Gasteiger partial charge in [-0.05, 0) is 47.0 Å². The number of benzene rings is 7. The van der Waals surface area contributed by atoms with E-state index in [1.54, 1.807) is 11.8 Å². The van der Waals surface area contributed by atoms with Crippen molar-refractivity contribution < 1.29 is 47.7 Å². The largest absolute Gasteiger partial charge is 0.394 e. The first-order valence-corrected chi connectivity index (χ1v) is 24.3. The maximum Gasteiger partial charge on any atom is 0.223 e. The molecule has 68 heavy (non-hydrogen) atoms. The van der Waals surface area contributed by atoms with Crippen LogP contribution in [0.25, 0.3) is 10.8 Å². The van der Waals surface area contributed by atoms with Gasteiger partial charge in [-0.2, -0.15) is 0 Å². The molecule has 0 radical (unpaired) electrons. The number of aliphatic hydroxyl groups is 1. The fourth-order valence-corrected chi connectivity index (χ4v) is 11.0. The minimum Gasteiger partial charge on any atom is -0.394 e. The minimum atomic E-state index is -1.30. The van der Waals surface area contributed by atoms with Gasteiger partial charge in [0, 0.05) is 21.6 Å². The Hall–Kier alpha value is -5.25. The molecule has 7 aromatic carbocycles. The van der Waals surface area contributed by atoms with Gasteiger partial charge in [0.05, 0.1) is 25.9 Å². The number of rotatable bonds is 14. The fourth-order valence-electron chi connectivity index (χ4n) is 9.85. The van der Waals surface area contributed by atoms with E-state index in [1.807, 2.05) is 159 Å². The third-order valence-corrected chi connectivity index (χ3v) is 14.4. The molecule has 0 bridgehead atoms. The van der Waals surface area contributed by atoms with Gasteiger partial charge in [-0.3, -0.25) is 0 Å².